The van der Waals surface area contributed by atoms with Gasteiger partial charge in [-0.3, -0.25) is 0 Å². The Labute approximate surface area is 565 Å². The molecular formula is C70H86N14O10S3. The molecule has 0 unspecified atom stereocenters. The maximum absolute atomic E-state index is 11.6. The van der Waals surface area contributed by atoms with Crippen LogP contribution in [-0.2, 0) is 63.0 Å². The van der Waals surface area contributed by atoms with Crippen LogP contribution < -0.4 is 22.5 Å². The van der Waals surface area contributed by atoms with E-state index in [-0.39, 0.29) is 41.9 Å². The summed E-state index contributed by atoms with van der Waals surface area (Å²) in [4.78, 5) is 39.6. The minimum atomic E-state index is -3.02. The number of hydrogen-bond donors (Lipinski definition) is 5. The van der Waals surface area contributed by atoms with Gasteiger partial charge in [-0.2, -0.15) is 0 Å². The van der Waals surface area contributed by atoms with Gasteiger partial charge in [0.2, 0.25) is 0 Å². The van der Waals surface area contributed by atoms with E-state index in [2.05, 4.69) is 72.3 Å². The van der Waals surface area contributed by atoms with Crippen LogP contribution >= 0.6 is 0 Å². The fourth-order valence-electron chi connectivity index (χ4n) is 14.6. The van der Waals surface area contributed by atoms with Gasteiger partial charge in [0.05, 0.1) is 59.8 Å². The van der Waals surface area contributed by atoms with Crippen molar-refractivity contribution in [3.05, 3.63) is 127 Å². The van der Waals surface area contributed by atoms with Gasteiger partial charge in [0.1, 0.15) is 89.2 Å². The summed E-state index contributed by atoms with van der Waals surface area (Å²) in [6.45, 7) is 10.00. The molecule has 24 nitrogen and oxygen atoms in total. The number of nitrogens with one attached hydrogen (secondary N) is 1. The number of carbonyl (C=O) groups is 1. The summed E-state index contributed by atoms with van der Waals surface area (Å²) in [6, 6.07) is 24.6. The Hall–Kier alpha value is -7.76. The van der Waals surface area contributed by atoms with Crippen LogP contribution in [0.1, 0.15) is 73.3 Å². The highest BCUT2D eigenvalue weighted by molar-refractivity contribution is 7.91. The van der Waals surface area contributed by atoms with Crippen molar-refractivity contribution < 1.29 is 44.6 Å². The number of carbonyl (C=O) groups excluding carboxylic acids is 1. The lowest BCUT2D eigenvalue weighted by molar-refractivity contribution is -0.192. The molecule has 0 amide bonds. The Morgan fingerprint density at radius 2 is 0.887 bits per heavy atom. The lowest BCUT2D eigenvalue weighted by atomic mass is 9.74. The molecule has 514 valence electrons. The van der Waals surface area contributed by atoms with Crippen molar-refractivity contribution in [3.63, 3.8) is 0 Å². The molecule has 9 aromatic rings. The third-order valence-electron chi connectivity index (χ3n) is 20.4. The van der Waals surface area contributed by atoms with Gasteiger partial charge in [0, 0.05) is 128 Å². The number of likely N-dealkylation sites (tertiary alicyclic amines) is 1. The number of aromatic nitrogens is 9. The number of benzene rings is 3. The highest BCUT2D eigenvalue weighted by atomic mass is 32.2. The van der Waals surface area contributed by atoms with Gasteiger partial charge in [-0.25, -0.2) is 55.2 Å². The van der Waals surface area contributed by atoms with Crippen molar-refractivity contribution in [2.24, 2.45) is 28.6 Å². The van der Waals surface area contributed by atoms with Crippen LogP contribution in [0.3, 0.4) is 0 Å². The molecule has 3 saturated carbocycles. The second-order valence-electron chi connectivity index (χ2n) is 28.4. The normalized spacial score (nSPS) is 22.2. The fourth-order valence-corrected chi connectivity index (χ4v) is 16.4. The molecule has 97 heavy (non-hydrogen) atoms. The minimum Gasteiger partial charge on any atom is -0.396 e. The molecule has 7 fully saturated rings. The predicted octanol–water partition coefficient (Wildman–Crippen LogP) is 6.79. The second-order valence-corrected chi connectivity index (χ2v) is 35.2. The SMILES string of the molecule is C1NCC12COC2.CS(=O)(=O)CCc1cccc(-c2cn(C3CC(C=O)C3)c3ncnc(N)c23)c1.CS(=O)(=O)CCc1cccc(-c2cn(C3CC(CN4CC5(COC5)C4)C3)c3ncnc(N)c23)c1.CS(=O)(=O)CCc1cccc(-c2cn(C3CC(CO)C3)c3ncnc(N)c23)c1. The van der Waals surface area contributed by atoms with Crippen molar-refractivity contribution in [2.75, 3.05) is 119 Å². The van der Waals surface area contributed by atoms with Crippen molar-refractivity contribution in [1.82, 2.24) is 53.8 Å². The first-order valence-corrected chi connectivity index (χ1v) is 39.4. The van der Waals surface area contributed by atoms with Gasteiger partial charge in [-0.1, -0.05) is 72.8 Å². The Morgan fingerprint density at radius 1 is 0.526 bits per heavy atom. The molecule has 27 heteroatoms. The van der Waals surface area contributed by atoms with Crippen LogP contribution in [0.2, 0.25) is 0 Å². The molecule has 7 aliphatic rings. The van der Waals surface area contributed by atoms with Gasteiger partial charge >= 0.3 is 0 Å². The molecule has 0 radical (unpaired) electrons. The summed E-state index contributed by atoms with van der Waals surface area (Å²) in [5.74, 6) is 2.83. The quantitative estimate of drug-likeness (QED) is 0.0520. The average Bonchev–Trinajstić information content (AvgIpc) is 1.67. The van der Waals surface area contributed by atoms with Crippen LogP contribution in [0.5, 0.6) is 0 Å². The van der Waals surface area contributed by atoms with E-state index in [0.717, 1.165) is 154 Å². The van der Waals surface area contributed by atoms with Crippen LogP contribution in [0, 0.1) is 28.6 Å². The number of aliphatic hydroxyl groups excluding tert-OH is 1. The zero-order valence-corrected chi connectivity index (χ0v) is 57.5. The van der Waals surface area contributed by atoms with Crippen molar-refractivity contribution in [2.45, 2.75) is 75.9 Å². The number of sulfone groups is 3. The summed E-state index contributed by atoms with van der Waals surface area (Å²) < 4.78 is 86.1. The molecular weight excluding hydrogens is 1290 g/mol. The number of ether oxygens (including phenoxy) is 2. The molecule has 10 heterocycles. The largest absolute Gasteiger partial charge is 0.396 e. The molecule has 0 bridgehead atoms. The molecule has 3 aromatic carbocycles. The third kappa shape index (κ3) is 15.1. The van der Waals surface area contributed by atoms with Gasteiger partial charge in [-0.05, 0) is 103 Å². The Morgan fingerprint density at radius 3 is 1.19 bits per heavy atom. The Kier molecular flexibility index (Phi) is 19.2. The van der Waals surface area contributed by atoms with Crippen LogP contribution in [-0.4, -0.2) is 187 Å². The van der Waals surface area contributed by atoms with Gasteiger partial charge in [0.15, 0.2) is 0 Å². The molecule has 8 N–H and O–H groups in total. The number of aryl methyl sites for hydroxylation is 3. The number of nitrogens with two attached hydrogens (primary N) is 3. The van der Waals surface area contributed by atoms with Crippen LogP contribution in [0.4, 0.5) is 17.5 Å². The summed E-state index contributed by atoms with van der Waals surface area (Å²) in [5.41, 5.74) is 30.9. The first-order chi connectivity index (χ1) is 46.4. The van der Waals surface area contributed by atoms with Crippen molar-refractivity contribution in [3.8, 4) is 33.4 Å². The number of aliphatic hydroxyl groups is 1. The smallest absolute Gasteiger partial charge is 0.147 e. The van der Waals surface area contributed by atoms with E-state index < -0.39 is 29.5 Å². The number of hydrogen-bond acceptors (Lipinski definition) is 21. The van der Waals surface area contributed by atoms with Crippen LogP contribution in [0.25, 0.3) is 66.5 Å². The van der Waals surface area contributed by atoms with Gasteiger partial charge in [0.25, 0.3) is 0 Å². The van der Waals surface area contributed by atoms with E-state index in [1.54, 1.807) is 0 Å². The number of rotatable bonds is 19. The highest BCUT2D eigenvalue weighted by Gasteiger charge is 2.50. The maximum Gasteiger partial charge on any atom is 0.147 e. The molecule has 6 aromatic heterocycles. The van der Waals surface area contributed by atoms with E-state index in [0.29, 0.717) is 65.4 Å². The topological polar surface area (TPSA) is 344 Å². The summed E-state index contributed by atoms with van der Waals surface area (Å²) in [6.07, 6.45) is 22.6. The predicted molar refractivity (Wildman–Crippen MR) is 377 cm³/mol. The number of anilines is 3. The van der Waals surface area contributed by atoms with Gasteiger partial charge < -0.3 is 60.5 Å². The standard InChI is InChI=1S/C25H31N5O3S.C20H24N4O3S.C20H22N4O3S.C5H9NO/c1-34(31,32)6-5-17-3-2-4-19(7-17)21-11-30(24-22(21)23(26)27-16-28-24)20-8-18(9-20)10-29-12-25(13-29)14-33-15-25;2*1-28(26,27)6-5-13-3-2-4-15(7-13)17-10-24(16-8-14(9-16)11-25)20-18(17)19(21)22-12-23-20;1-5(2-6-1)3-7-4-5/h2-4,7,11,16,18,20H,5-6,8-10,12-15H2,1H3,(H2,26,27,28);2-4,7,10,12,14,16,25H,5-6,8-9,11H2,1H3,(H2,21,22,23);2-4,7,10-12,14,16H,5-6,8-9H2,1H3,(H2,21,22,23);6H,1-4H2. The van der Waals surface area contributed by atoms with E-state index in [1.807, 2.05) is 72.9 Å². The lowest BCUT2D eigenvalue weighted by Gasteiger charge is -2.56. The number of fused-ring (bicyclic) bond motifs is 3. The minimum absolute atomic E-state index is 0.101. The Bertz CT molecular complexity index is 4720. The monoisotopic (exact) mass is 1380 g/mol. The number of nitrogens with zero attached hydrogens (tertiary/aromatic N) is 10. The lowest BCUT2D eigenvalue weighted by Crippen LogP contribution is -2.66. The zero-order valence-electron chi connectivity index (χ0n) is 55.0. The van der Waals surface area contributed by atoms with E-state index >= 15 is 0 Å². The number of aldehydes is 1. The van der Waals surface area contributed by atoms with Crippen molar-refractivity contribution >= 4 is 86.4 Å². The molecule has 0 atom stereocenters. The summed E-state index contributed by atoms with van der Waals surface area (Å²) >= 11 is 0. The summed E-state index contributed by atoms with van der Waals surface area (Å²) in [5, 5.41) is 15.0. The summed E-state index contributed by atoms with van der Waals surface area (Å²) in [7, 11) is -9.06. The molecule has 4 saturated heterocycles. The fraction of sp³-hybridized carbons (Fsp3) is 0.471. The maximum atomic E-state index is 11.6. The molecule has 2 spiro atoms. The van der Waals surface area contributed by atoms with Crippen molar-refractivity contribution in [1.29, 1.82) is 0 Å². The average molecular weight is 1380 g/mol. The molecule has 3 aliphatic carbocycles. The first kappa shape index (κ1) is 67.8. The highest BCUT2D eigenvalue weighted by Crippen LogP contribution is 2.47. The van der Waals surface area contributed by atoms with Gasteiger partial charge in [-0.15, -0.1) is 0 Å². The number of nitrogen functional groups attached to an aromatic ring is 3. The van der Waals surface area contributed by atoms with Crippen LogP contribution in [0.15, 0.2) is 110 Å². The van der Waals surface area contributed by atoms with E-state index in [1.165, 1.54) is 70.5 Å². The zero-order chi connectivity index (χ0) is 68.0. The Balaban J connectivity index is 0.000000125. The van der Waals surface area contributed by atoms with E-state index in [9.17, 15) is 35.2 Å². The third-order valence-corrected chi connectivity index (χ3v) is 23.2. The van der Waals surface area contributed by atoms with E-state index in [4.69, 9.17) is 26.7 Å². The first-order valence-electron chi connectivity index (χ1n) is 33.2. The second kappa shape index (κ2) is 27.5. The molecule has 16 rings (SSSR count). The molecule has 4 aliphatic heterocycles.